The summed E-state index contributed by atoms with van der Waals surface area (Å²) in [5, 5.41) is 32.3. The lowest BCUT2D eigenvalue weighted by molar-refractivity contribution is 0.0278. The van der Waals surface area contributed by atoms with E-state index in [4.69, 9.17) is 4.74 Å². The van der Waals surface area contributed by atoms with Crippen molar-refractivity contribution in [2.75, 3.05) is 6.54 Å². The highest BCUT2D eigenvalue weighted by Crippen LogP contribution is 2.24. The lowest BCUT2D eigenvalue weighted by Gasteiger charge is -2.22. The monoisotopic (exact) mass is 331 g/mol. The number of aliphatic hydroxyl groups is 3. The summed E-state index contributed by atoms with van der Waals surface area (Å²) >= 11 is 0. The third kappa shape index (κ3) is 5.62. The molecule has 5 nitrogen and oxygen atoms in total. The molecule has 0 fully saturated rings. The van der Waals surface area contributed by atoms with Crippen LogP contribution in [0.2, 0.25) is 0 Å². The number of hydrogen-bond donors (Lipinski definition) is 4. The maximum Gasteiger partial charge on any atom is 0.125 e. The molecule has 0 spiro atoms. The Balaban J connectivity index is 2.04. The molecule has 0 radical (unpaired) electrons. The molecule has 24 heavy (non-hydrogen) atoms. The van der Waals surface area contributed by atoms with Crippen molar-refractivity contribution in [3.63, 3.8) is 0 Å². The predicted octanol–water partition coefficient (Wildman–Crippen LogP) is 2.11. The Morgan fingerprint density at radius 1 is 1.12 bits per heavy atom. The number of benzene rings is 2. The molecular weight excluding hydrogens is 306 g/mol. The van der Waals surface area contributed by atoms with E-state index in [1.54, 1.807) is 32.0 Å². The molecular formula is C19H25NO4. The van der Waals surface area contributed by atoms with Crippen LogP contribution in [0, 0.1) is 0 Å². The van der Waals surface area contributed by atoms with Crippen molar-refractivity contribution < 1.29 is 20.1 Å². The minimum atomic E-state index is -1.06. The normalized spacial score (nSPS) is 12.9. The van der Waals surface area contributed by atoms with Gasteiger partial charge in [-0.2, -0.15) is 0 Å². The molecule has 4 N–H and O–H groups in total. The van der Waals surface area contributed by atoms with Gasteiger partial charge in [-0.15, -0.1) is 0 Å². The maximum absolute atomic E-state index is 10.2. The molecule has 0 aromatic heterocycles. The van der Waals surface area contributed by atoms with Gasteiger partial charge in [0.25, 0.3) is 0 Å². The summed E-state index contributed by atoms with van der Waals surface area (Å²) in [4.78, 5) is 0. The van der Waals surface area contributed by atoms with Crippen LogP contribution in [-0.4, -0.2) is 27.6 Å². The van der Waals surface area contributed by atoms with Crippen LogP contribution in [0.3, 0.4) is 0 Å². The van der Waals surface area contributed by atoms with Gasteiger partial charge in [0.15, 0.2) is 0 Å². The van der Waals surface area contributed by atoms with Gasteiger partial charge in [-0.25, -0.2) is 0 Å². The van der Waals surface area contributed by atoms with Crippen LogP contribution >= 0.6 is 0 Å². The molecule has 0 bridgehead atoms. The lowest BCUT2D eigenvalue weighted by Crippen LogP contribution is -2.41. The number of aliphatic hydroxyl groups excluding tert-OH is 2. The van der Waals surface area contributed by atoms with Crippen molar-refractivity contribution in [1.29, 1.82) is 0 Å². The highest BCUT2D eigenvalue weighted by Gasteiger charge is 2.16. The average molecular weight is 331 g/mol. The quantitative estimate of drug-likeness (QED) is 0.557. The fourth-order valence-electron chi connectivity index (χ4n) is 2.27. The van der Waals surface area contributed by atoms with Crippen molar-refractivity contribution in [2.45, 2.75) is 38.9 Å². The Labute approximate surface area is 142 Å². The standard InChI is InChI=1S/C19H25NO4/c1-19(2,23)20-11-17(22)15-8-9-18(16(10-15)12-21)24-13-14-6-4-3-5-7-14/h3-10,17,20-23H,11-13H2,1-2H3/t17-/m1/s1. The number of nitrogens with one attached hydrogen (secondary N) is 1. The first-order valence-corrected chi connectivity index (χ1v) is 7.95. The van der Waals surface area contributed by atoms with Crippen LogP contribution in [0.15, 0.2) is 48.5 Å². The summed E-state index contributed by atoms with van der Waals surface area (Å²) in [5.41, 5.74) is 1.26. The predicted molar refractivity (Wildman–Crippen MR) is 92.4 cm³/mol. The summed E-state index contributed by atoms with van der Waals surface area (Å²) in [6.07, 6.45) is -0.787. The molecule has 2 rings (SSSR count). The van der Waals surface area contributed by atoms with Gasteiger partial charge in [-0.05, 0) is 37.1 Å². The largest absolute Gasteiger partial charge is 0.489 e. The Morgan fingerprint density at radius 3 is 2.46 bits per heavy atom. The van der Waals surface area contributed by atoms with Crippen molar-refractivity contribution >= 4 is 0 Å². The van der Waals surface area contributed by atoms with Crippen LogP contribution in [0.1, 0.15) is 36.6 Å². The molecule has 0 amide bonds. The zero-order valence-corrected chi connectivity index (χ0v) is 14.1. The molecule has 0 heterocycles. The first-order valence-electron chi connectivity index (χ1n) is 7.95. The first kappa shape index (κ1) is 18.4. The second-order valence-electron chi connectivity index (χ2n) is 6.26. The van der Waals surface area contributed by atoms with Crippen LogP contribution in [-0.2, 0) is 13.2 Å². The molecule has 130 valence electrons. The van der Waals surface area contributed by atoms with Gasteiger partial charge in [0.2, 0.25) is 0 Å². The zero-order valence-electron chi connectivity index (χ0n) is 14.1. The Bertz CT molecular complexity index is 638. The molecule has 0 aliphatic carbocycles. The molecule has 0 saturated carbocycles. The number of rotatable bonds is 8. The summed E-state index contributed by atoms with van der Waals surface area (Å²) in [6, 6.07) is 15.0. The van der Waals surface area contributed by atoms with Crippen molar-refractivity contribution in [2.24, 2.45) is 0 Å². The molecule has 0 aliphatic heterocycles. The fraction of sp³-hybridized carbons (Fsp3) is 0.368. The highest BCUT2D eigenvalue weighted by molar-refractivity contribution is 5.38. The van der Waals surface area contributed by atoms with Crippen LogP contribution in [0.4, 0.5) is 0 Å². The van der Waals surface area contributed by atoms with Gasteiger partial charge in [-0.1, -0.05) is 36.4 Å². The maximum atomic E-state index is 10.2. The van der Waals surface area contributed by atoms with Gasteiger partial charge in [0, 0.05) is 12.1 Å². The topological polar surface area (TPSA) is 82.0 Å². The van der Waals surface area contributed by atoms with E-state index in [0.717, 1.165) is 5.56 Å². The van der Waals surface area contributed by atoms with E-state index in [-0.39, 0.29) is 13.2 Å². The smallest absolute Gasteiger partial charge is 0.125 e. The third-order valence-electron chi connectivity index (χ3n) is 3.60. The first-order chi connectivity index (χ1) is 11.4. The van der Waals surface area contributed by atoms with Crippen molar-refractivity contribution in [1.82, 2.24) is 5.32 Å². The summed E-state index contributed by atoms with van der Waals surface area (Å²) in [6.45, 7) is 3.66. The van der Waals surface area contributed by atoms with E-state index in [9.17, 15) is 15.3 Å². The number of ether oxygens (including phenoxy) is 1. The van der Waals surface area contributed by atoms with Crippen molar-refractivity contribution in [3.05, 3.63) is 65.2 Å². The van der Waals surface area contributed by atoms with Crippen LogP contribution < -0.4 is 10.1 Å². The Kier molecular flexibility index (Phi) is 6.34. The molecule has 0 aliphatic rings. The van der Waals surface area contributed by atoms with Crippen molar-refractivity contribution in [3.8, 4) is 5.75 Å². The third-order valence-corrected chi connectivity index (χ3v) is 3.60. The number of hydrogen-bond acceptors (Lipinski definition) is 5. The molecule has 5 heteroatoms. The Morgan fingerprint density at radius 2 is 1.83 bits per heavy atom. The van der Waals surface area contributed by atoms with E-state index in [1.807, 2.05) is 30.3 Å². The SMILES string of the molecule is CC(C)(O)NC[C@@H](O)c1ccc(OCc2ccccc2)c(CO)c1. The van der Waals surface area contributed by atoms with Gasteiger partial charge >= 0.3 is 0 Å². The van der Waals surface area contributed by atoms with Crippen LogP contribution in [0.25, 0.3) is 0 Å². The van der Waals surface area contributed by atoms with E-state index in [2.05, 4.69) is 5.32 Å². The van der Waals surface area contributed by atoms with E-state index in [1.165, 1.54) is 0 Å². The van der Waals surface area contributed by atoms with Gasteiger partial charge in [0.05, 0.1) is 12.7 Å². The fourth-order valence-corrected chi connectivity index (χ4v) is 2.27. The average Bonchev–Trinajstić information content (AvgIpc) is 2.58. The second-order valence-corrected chi connectivity index (χ2v) is 6.26. The second kappa shape index (κ2) is 8.26. The minimum absolute atomic E-state index is 0.177. The minimum Gasteiger partial charge on any atom is -0.489 e. The lowest BCUT2D eigenvalue weighted by atomic mass is 10.0. The molecule has 2 aromatic rings. The summed E-state index contributed by atoms with van der Waals surface area (Å²) in [7, 11) is 0. The molecule has 1 atom stereocenters. The van der Waals surface area contributed by atoms with E-state index < -0.39 is 11.8 Å². The zero-order chi connectivity index (χ0) is 17.6. The van der Waals surface area contributed by atoms with Gasteiger partial charge < -0.3 is 20.1 Å². The highest BCUT2D eigenvalue weighted by atomic mass is 16.5. The van der Waals surface area contributed by atoms with Crippen LogP contribution in [0.5, 0.6) is 5.75 Å². The molecule has 2 aromatic carbocycles. The summed E-state index contributed by atoms with van der Waals surface area (Å²) in [5.74, 6) is 0.591. The van der Waals surface area contributed by atoms with Gasteiger partial charge in [-0.3, -0.25) is 5.32 Å². The van der Waals surface area contributed by atoms with E-state index in [0.29, 0.717) is 23.5 Å². The van der Waals surface area contributed by atoms with Gasteiger partial charge in [0.1, 0.15) is 18.1 Å². The Hall–Kier alpha value is -1.92. The van der Waals surface area contributed by atoms with E-state index >= 15 is 0 Å². The molecule has 0 saturated heterocycles. The summed E-state index contributed by atoms with van der Waals surface area (Å²) < 4.78 is 5.77. The molecule has 0 unspecified atom stereocenters.